The Hall–Kier alpha value is -0.720. The van der Waals surface area contributed by atoms with Crippen molar-refractivity contribution in [1.82, 2.24) is 26.6 Å². The van der Waals surface area contributed by atoms with Gasteiger partial charge in [0.1, 0.15) is 0 Å². The summed E-state index contributed by atoms with van der Waals surface area (Å²) in [7, 11) is 0. The van der Waals surface area contributed by atoms with E-state index in [1.807, 2.05) is 0 Å². The topological polar surface area (TPSA) is 60.1 Å². The third-order valence-corrected chi connectivity index (χ3v) is 3.80. The van der Waals surface area contributed by atoms with E-state index in [4.69, 9.17) is 0 Å². The number of nitrogens with one attached hydrogen (secondary N) is 5. The Morgan fingerprint density at radius 1 is 0.440 bits per heavy atom. The molecule has 0 aliphatic heterocycles. The van der Waals surface area contributed by atoms with Crippen molar-refractivity contribution >= 4 is 0 Å². The first-order valence-corrected chi connectivity index (χ1v) is 10.2. The lowest BCUT2D eigenvalue weighted by Crippen LogP contribution is -2.21. The maximum atomic E-state index is 3.52. The Balaban J connectivity index is 3.09. The summed E-state index contributed by atoms with van der Waals surface area (Å²) in [5.74, 6) is 0. The number of unbranched alkanes of at least 4 members (excludes halogenated alkanes) is 2. The van der Waals surface area contributed by atoms with Gasteiger partial charge in [-0.15, -0.1) is 0 Å². The van der Waals surface area contributed by atoms with Crippen LogP contribution in [-0.4, -0.2) is 65.4 Å². The van der Waals surface area contributed by atoms with Crippen LogP contribution in [0.25, 0.3) is 0 Å². The molecule has 5 heteroatoms. The van der Waals surface area contributed by atoms with Gasteiger partial charge in [-0.2, -0.15) is 0 Å². The van der Waals surface area contributed by atoms with E-state index in [9.17, 15) is 0 Å². The van der Waals surface area contributed by atoms with Gasteiger partial charge in [-0.05, 0) is 65.0 Å². The summed E-state index contributed by atoms with van der Waals surface area (Å²) in [5, 5.41) is 17.0. The normalized spacial score (nSPS) is 11.9. The molecule has 0 amide bonds. The van der Waals surface area contributed by atoms with Crippen LogP contribution in [0.2, 0.25) is 0 Å². The van der Waals surface area contributed by atoms with Crippen molar-refractivity contribution in [1.29, 1.82) is 0 Å². The van der Waals surface area contributed by atoms with Gasteiger partial charge < -0.3 is 26.6 Å². The largest absolute Gasteiger partial charge is 0.317 e. The summed E-state index contributed by atoms with van der Waals surface area (Å²) in [5.41, 5.74) is 0. The third kappa shape index (κ3) is 23.3. The highest BCUT2D eigenvalue weighted by Crippen LogP contribution is 1.87. The predicted octanol–water partition coefficient (Wildman–Crippen LogP) is 1.65. The molecular formula is C20H43N5. The molecule has 0 heterocycles. The Labute approximate surface area is 156 Å². The van der Waals surface area contributed by atoms with Crippen molar-refractivity contribution in [2.45, 2.75) is 39.5 Å². The monoisotopic (exact) mass is 353 g/mol. The SMILES string of the molecule is CCNC/C=C\CNC/C=C\CNCCCCNCCCCNCC. The van der Waals surface area contributed by atoms with Crippen LogP contribution in [0.1, 0.15) is 39.5 Å². The molecule has 5 nitrogen and oxygen atoms in total. The number of hydrogen-bond donors (Lipinski definition) is 5. The summed E-state index contributed by atoms with van der Waals surface area (Å²) in [6, 6.07) is 0. The molecule has 0 rings (SSSR count). The molecule has 0 aromatic rings. The van der Waals surface area contributed by atoms with Gasteiger partial charge in [0.05, 0.1) is 0 Å². The number of likely N-dealkylation sites (N-methyl/N-ethyl adjacent to an activating group) is 1. The first-order chi connectivity index (χ1) is 12.4. The van der Waals surface area contributed by atoms with E-state index >= 15 is 0 Å². The van der Waals surface area contributed by atoms with Gasteiger partial charge in [-0.25, -0.2) is 0 Å². The third-order valence-electron chi connectivity index (χ3n) is 3.80. The van der Waals surface area contributed by atoms with Crippen LogP contribution in [-0.2, 0) is 0 Å². The maximum Gasteiger partial charge on any atom is 0.0138 e. The van der Waals surface area contributed by atoms with E-state index in [2.05, 4.69) is 64.7 Å². The molecule has 0 fully saturated rings. The Bertz CT molecular complexity index is 292. The van der Waals surface area contributed by atoms with Crippen LogP contribution in [0.15, 0.2) is 24.3 Å². The van der Waals surface area contributed by atoms with E-state index < -0.39 is 0 Å². The number of hydrogen-bond acceptors (Lipinski definition) is 5. The molecule has 5 N–H and O–H groups in total. The zero-order valence-corrected chi connectivity index (χ0v) is 16.7. The summed E-state index contributed by atoms with van der Waals surface area (Å²) < 4.78 is 0. The molecule has 0 atom stereocenters. The molecule has 0 saturated carbocycles. The first-order valence-electron chi connectivity index (χ1n) is 10.2. The summed E-state index contributed by atoms with van der Waals surface area (Å²) in [4.78, 5) is 0. The molecule has 0 unspecified atom stereocenters. The second-order valence-corrected chi connectivity index (χ2v) is 6.13. The average Bonchev–Trinajstić information content (AvgIpc) is 2.63. The molecule has 148 valence electrons. The van der Waals surface area contributed by atoms with Crippen molar-refractivity contribution in [2.24, 2.45) is 0 Å². The maximum absolute atomic E-state index is 3.52. The molecule has 0 aliphatic carbocycles. The van der Waals surface area contributed by atoms with Gasteiger partial charge in [-0.3, -0.25) is 0 Å². The van der Waals surface area contributed by atoms with Crippen LogP contribution >= 0.6 is 0 Å². The lowest BCUT2D eigenvalue weighted by Gasteiger charge is -2.05. The minimum atomic E-state index is 0.935. The lowest BCUT2D eigenvalue weighted by molar-refractivity contribution is 0.563. The standard InChI is InChI=1S/C20H43N5/c1-3-21-13-5-7-15-23-17-9-11-19-25-20-12-10-18-24-16-8-6-14-22-4-2/h5,7,9,11,21-25H,3-4,6,8,10,12-20H2,1-2H3/b7-5-,11-9-. The molecule has 0 aliphatic rings. The fourth-order valence-electron chi connectivity index (χ4n) is 2.30. The Morgan fingerprint density at radius 2 is 0.840 bits per heavy atom. The minimum absolute atomic E-state index is 0.935. The van der Waals surface area contributed by atoms with Crippen molar-refractivity contribution in [3.8, 4) is 0 Å². The fourth-order valence-corrected chi connectivity index (χ4v) is 2.30. The highest BCUT2D eigenvalue weighted by atomic mass is 14.9. The van der Waals surface area contributed by atoms with E-state index in [-0.39, 0.29) is 0 Å². The molecular weight excluding hydrogens is 310 g/mol. The fraction of sp³-hybridized carbons (Fsp3) is 0.800. The molecule has 25 heavy (non-hydrogen) atoms. The molecule has 0 spiro atoms. The zero-order chi connectivity index (χ0) is 18.3. The second-order valence-electron chi connectivity index (χ2n) is 6.13. The molecule has 0 aromatic carbocycles. The van der Waals surface area contributed by atoms with Crippen LogP contribution in [0.3, 0.4) is 0 Å². The lowest BCUT2D eigenvalue weighted by atomic mass is 10.2. The molecule has 0 aromatic heterocycles. The van der Waals surface area contributed by atoms with Gasteiger partial charge in [0.2, 0.25) is 0 Å². The summed E-state index contributed by atoms with van der Waals surface area (Å²) in [6.07, 6.45) is 13.8. The molecule has 0 bridgehead atoms. The van der Waals surface area contributed by atoms with Crippen LogP contribution in [0, 0.1) is 0 Å². The van der Waals surface area contributed by atoms with Crippen molar-refractivity contribution in [2.75, 3.05) is 65.4 Å². The quantitative estimate of drug-likeness (QED) is 0.170. The molecule has 0 saturated heterocycles. The molecule has 0 radical (unpaired) electrons. The van der Waals surface area contributed by atoms with Crippen LogP contribution in [0.4, 0.5) is 0 Å². The van der Waals surface area contributed by atoms with E-state index in [1.54, 1.807) is 0 Å². The van der Waals surface area contributed by atoms with E-state index in [1.165, 1.54) is 25.7 Å². The van der Waals surface area contributed by atoms with Crippen molar-refractivity contribution in [3.63, 3.8) is 0 Å². The van der Waals surface area contributed by atoms with Crippen LogP contribution < -0.4 is 26.6 Å². The highest BCUT2D eigenvalue weighted by Gasteiger charge is 1.90. The van der Waals surface area contributed by atoms with Crippen molar-refractivity contribution < 1.29 is 0 Å². The number of rotatable bonds is 20. The summed E-state index contributed by atoms with van der Waals surface area (Å²) in [6.45, 7) is 14.7. The Morgan fingerprint density at radius 3 is 1.36 bits per heavy atom. The zero-order valence-electron chi connectivity index (χ0n) is 16.7. The second kappa shape index (κ2) is 23.3. The average molecular weight is 354 g/mol. The van der Waals surface area contributed by atoms with Gasteiger partial charge in [0.25, 0.3) is 0 Å². The van der Waals surface area contributed by atoms with Gasteiger partial charge in [0, 0.05) is 26.2 Å². The smallest absolute Gasteiger partial charge is 0.0138 e. The highest BCUT2D eigenvalue weighted by molar-refractivity contribution is 4.89. The van der Waals surface area contributed by atoms with Gasteiger partial charge >= 0.3 is 0 Å². The minimum Gasteiger partial charge on any atom is -0.317 e. The Kier molecular flexibility index (Phi) is 22.6. The van der Waals surface area contributed by atoms with Crippen molar-refractivity contribution in [3.05, 3.63) is 24.3 Å². The van der Waals surface area contributed by atoms with Crippen LogP contribution in [0.5, 0.6) is 0 Å². The predicted molar refractivity (Wildman–Crippen MR) is 112 cm³/mol. The summed E-state index contributed by atoms with van der Waals surface area (Å²) >= 11 is 0. The van der Waals surface area contributed by atoms with Gasteiger partial charge in [-0.1, -0.05) is 38.2 Å². The first kappa shape index (κ1) is 24.3. The van der Waals surface area contributed by atoms with E-state index in [0.717, 1.165) is 65.4 Å². The van der Waals surface area contributed by atoms with Gasteiger partial charge in [0.15, 0.2) is 0 Å². The van der Waals surface area contributed by atoms with E-state index in [0.29, 0.717) is 0 Å².